The van der Waals surface area contributed by atoms with Gasteiger partial charge in [-0.15, -0.1) is 0 Å². The second-order valence-electron chi connectivity index (χ2n) is 10.8. The first-order valence-corrected chi connectivity index (χ1v) is 18.9. The number of fused-ring (bicyclic) bond motifs is 3. The number of halogens is 1. The fourth-order valence-corrected chi connectivity index (χ4v) is 7.10. The Morgan fingerprint density at radius 2 is 1.26 bits per heavy atom. The Labute approximate surface area is 207 Å². The molecule has 4 nitrogen and oxygen atoms in total. The third kappa shape index (κ3) is 4.10. The van der Waals surface area contributed by atoms with Gasteiger partial charge < -0.3 is 4.42 Å². The van der Waals surface area contributed by atoms with Gasteiger partial charge in [0.1, 0.15) is 11.2 Å². The maximum atomic E-state index is 6.53. The van der Waals surface area contributed by atoms with Gasteiger partial charge in [0.05, 0.1) is 21.7 Å². The van der Waals surface area contributed by atoms with Gasteiger partial charge in [0, 0.05) is 16.3 Å². The molecule has 0 amide bonds. The van der Waals surface area contributed by atoms with Gasteiger partial charge in [0.15, 0.2) is 11.6 Å². The van der Waals surface area contributed by atoms with Crippen molar-refractivity contribution in [1.29, 1.82) is 0 Å². The predicted molar refractivity (Wildman–Crippen MR) is 149 cm³/mol. The molecule has 0 spiro atoms. The summed E-state index contributed by atoms with van der Waals surface area (Å²) in [6.07, 6.45) is 0. The summed E-state index contributed by atoms with van der Waals surface area (Å²) < 4.78 is 6.53. The van der Waals surface area contributed by atoms with Crippen LogP contribution in [-0.2, 0) is 0 Å². The molecule has 3 aromatic carbocycles. The maximum Gasteiger partial charge on any atom is 0.226 e. The van der Waals surface area contributed by atoms with Crippen LogP contribution in [0.25, 0.3) is 44.7 Å². The highest BCUT2D eigenvalue weighted by Gasteiger charge is 2.24. The molecule has 5 rings (SSSR count). The summed E-state index contributed by atoms with van der Waals surface area (Å²) in [5.41, 5.74) is 3.49. The molecule has 2 aromatic heterocycles. The Bertz CT molecular complexity index is 1530. The molecule has 34 heavy (non-hydrogen) atoms. The normalized spacial score (nSPS) is 12.6. The van der Waals surface area contributed by atoms with Gasteiger partial charge in [0.2, 0.25) is 5.28 Å². The average Bonchev–Trinajstić information content (AvgIpc) is 3.16. The van der Waals surface area contributed by atoms with Gasteiger partial charge in [0.25, 0.3) is 0 Å². The first kappa shape index (κ1) is 23.0. The van der Waals surface area contributed by atoms with Crippen LogP contribution in [0.5, 0.6) is 0 Å². The van der Waals surface area contributed by atoms with Crippen LogP contribution in [0.3, 0.4) is 0 Å². The van der Waals surface area contributed by atoms with Crippen LogP contribution in [0.4, 0.5) is 0 Å². The minimum absolute atomic E-state index is 0.171. The van der Waals surface area contributed by atoms with E-state index >= 15 is 0 Å². The quantitative estimate of drug-likeness (QED) is 0.253. The zero-order valence-corrected chi connectivity index (χ0v) is 23.2. The molecule has 0 saturated carbocycles. The van der Waals surface area contributed by atoms with E-state index in [1.807, 2.05) is 12.1 Å². The number of hydrogen-bond acceptors (Lipinski definition) is 4. The van der Waals surface area contributed by atoms with Crippen molar-refractivity contribution in [3.63, 3.8) is 0 Å². The molecule has 172 valence electrons. The first-order chi connectivity index (χ1) is 16.0. The van der Waals surface area contributed by atoms with Crippen molar-refractivity contribution in [3.05, 3.63) is 65.9 Å². The summed E-state index contributed by atoms with van der Waals surface area (Å²) in [6.45, 7) is 14.0. The number of benzene rings is 3. The molecule has 0 aliphatic heterocycles. The molecule has 0 aliphatic carbocycles. The fraction of sp³-hybridized carbons (Fsp3) is 0.222. The van der Waals surface area contributed by atoms with Crippen molar-refractivity contribution < 1.29 is 4.42 Å². The highest BCUT2D eigenvalue weighted by atomic mass is 35.5. The Morgan fingerprint density at radius 1 is 0.647 bits per heavy atom. The molecular formula is C27H28ClN3OSi2. The van der Waals surface area contributed by atoms with Gasteiger partial charge in [-0.05, 0) is 22.9 Å². The van der Waals surface area contributed by atoms with Crippen molar-refractivity contribution >= 4 is 60.1 Å². The van der Waals surface area contributed by atoms with E-state index in [0.717, 1.165) is 33.1 Å². The summed E-state index contributed by atoms with van der Waals surface area (Å²) in [5.74, 6) is 1.08. The predicted octanol–water partition coefficient (Wildman–Crippen LogP) is 6.85. The zero-order chi connectivity index (χ0) is 24.3. The van der Waals surface area contributed by atoms with Crippen LogP contribution >= 0.6 is 11.6 Å². The SMILES string of the molecule is C[Si](C)(C)c1ccc(-c2nc(Cl)nc(-c3cccc4c3oc3c([Si](C)(C)C)cccc34)n2)cc1. The highest BCUT2D eigenvalue weighted by Crippen LogP contribution is 2.35. The number of aromatic nitrogens is 3. The molecule has 0 atom stereocenters. The largest absolute Gasteiger partial charge is 0.455 e. The molecule has 2 heterocycles. The van der Waals surface area contributed by atoms with E-state index in [1.165, 1.54) is 10.4 Å². The van der Waals surface area contributed by atoms with Crippen LogP contribution < -0.4 is 10.4 Å². The molecule has 0 saturated heterocycles. The van der Waals surface area contributed by atoms with Gasteiger partial charge in [-0.2, -0.15) is 9.97 Å². The topological polar surface area (TPSA) is 51.8 Å². The molecule has 0 bridgehead atoms. The number of rotatable bonds is 4. The zero-order valence-electron chi connectivity index (χ0n) is 20.4. The highest BCUT2D eigenvalue weighted by molar-refractivity contribution is 6.90. The molecular weight excluding hydrogens is 474 g/mol. The second kappa shape index (κ2) is 8.15. The Hall–Kier alpha value is -2.81. The van der Waals surface area contributed by atoms with Crippen LogP contribution in [-0.4, -0.2) is 31.1 Å². The average molecular weight is 502 g/mol. The molecule has 0 fully saturated rings. The van der Waals surface area contributed by atoms with Gasteiger partial charge in [-0.1, -0.05) is 99.1 Å². The lowest BCUT2D eigenvalue weighted by atomic mass is 10.1. The summed E-state index contributed by atoms with van der Waals surface area (Å²) in [7, 11) is -2.98. The smallest absolute Gasteiger partial charge is 0.226 e. The fourth-order valence-electron chi connectivity index (χ4n) is 4.31. The minimum Gasteiger partial charge on any atom is -0.455 e. The molecule has 0 aliphatic rings. The van der Waals surface area contributed by atoms with Crippen molar-refractivity contribution in [2.45, 2.75) is 39.3 Å². The van der Waals surface area contributed by atoms with Crippen LogP contribution in [0, 0.1) is 0 Å². The summed E-state index contributed by atoms with van der Waals surface area (Å²) in [4.78, 5) is 13.7. The maximum absolute atomic E-state index is 6.53. The van der Waals surface area contributed by atoms with Crippen LogP contribution in [0.1, 0.15) is 0 Å². The van der Waals surface area contributed by atoms with E-state index in [0.29, 0.717) is 11.6 Å². The van der Waals surface area contributed by atoms with E-state index in [2.05, 4.69) is 97.8 Å². The van der Waals surface area contributed by atoms with Crippen molar-refractivity contribution in [1.82, 2.24) is 15.0 Å². The van der Waals surface area contributed by atoms with Crippen molar-refractivity contribution in [2.75, 3.05) is 0 Å². The van der Waals surface area contributed by atoms with Crippen molar-refractivity contribution in [2.24, 2.45) is 0 Å². The summed E-state index contributed by atoms with van der Waals surface area (Å²) >= 11 is 6.39. The van der Waals surface area contributed by atoms with Crippen LogP contribution in [0.2, 0.25) is 44.6 Å². The number of nitrogens with zero attached hydrogens (tertiary/aromatic N) is 3. The molecule has 7 heteroatoms. The first-order valence-electron chi connectivity index (χ1n) is 11.5. The van der Waals surface area contributed by atoms with Gasteiger partial charge in [-0.3, -0.25) is 0 Å². The molecule has 0 N–H and O–H groups in total. The van der Waals surface area contributed by atoms with Gasteiger partial charge in [-0.25, -0.2) is 4.98 Å². The number of hydrogen-bond donors (Lipinski definition) is 0. The van der Waals surface area contributed by atoms with E-state index in [4.69, 9.17) is 21.0 Å². The van der Waals surface area contributed by atoms with Crippen molar-refractivity contribution in [3.8, 4) is 22.8 Å². The van der Waals surface area contributed by atoms with E-state index in [9.17, 15) is 0 Å². The standard InChI is InChI=1S/C27H28ClN3OSi2/c1-33(2,3)18-15-13-17(14-16-18)25-29-26(31-27(28)30-25)21-11-7-9-19-20-10-8-12-22(34(4,5)6)24(20)32-23(19)21/h7-16H,1-6H3. The summed E-state index contributed by atoms with van der Waals surface area (Å²) in [6, 6.07) is 21.1. The lowest BCUT2D eigenvalue weighted by molar-refractivity contribution is 0.671. The Kier molecular flexibility index (Phi) is 5.50. The summed E-state index contributed by atoms with van der Waals surface area (Å²) in [5, 5.41) is 5.06. The van der Waals surface area contributed by atoms with Gasteiger partial charge >= 0.3 is 0 Å². The second-order valence-corrected chi connectivity index (χ2v) is 21.2. The lowest BCUT2D eigenvalue weighted by Gasteiger charge is -2.16. The monoisotopic (exact) mass is 501 g/mol. The Morgan fingerprint density at radius 3 is 1.91 bits per heavy atom. The van der Waals surface area contributed by atoms with E-state index in [1.54, 1.807) is 0 Å². The molecule has 5 aromatic rings. The van der Waals surface area contributed by atoms with Crippen LogP contribution in [0.15, 0.2) is 65.1 Å². The molecule has 0 radical (unpaired) electrons. The lowest BCUT2D eigenvalue weighted by Crippen LogP contribution is -2.37. The third-order valence-corrected chi connectivity index (χ3v) is 10.4. The van der Waals surface area contributed by atoms with E-state index in [-0.39, 0.29) is 5.28 Å². The van der Waals surface area contributed by atoms with E-state index < -0.39 is 16.1 Å². The minimum atomic E-state index is -1.59. The third-order valence-electron chi connectivity index (χ3n) is 6.19. The Balaban J connectivity index is 1.68. The number of furan rings is 1. The molecule has 0 unspecified atom stereocenters. The number of para-hydroxylation sites is 2.